The van der Waals surface area contributed by atoms with Crippen LogP contribution in [-0.4, -0.2) is 28.7 Å². The van der Waals surface area contributed by atoms with E-state index in [0.717, 1.165) is 0 Å². The van der Waals surface area contributed by atoms with Gasteiger partial charge in [0.05, 0.1) is 16.5 Å². The van der Waals surface area contributed by atoms with Crippen LogP contribution in [0.4, 0.5) is 10.2 Å². The van der Waals surface area contributed by atoms with Gasteiger partial charge in [0.2, 0.25) is 15.6 Å². The largest absolute Gasteiger partial charge is 0.419 e. The van der Waals surface area contributed by atoms with E-state index in [-0.39, 0.29) is 45.5 Å². The maximum atomic E-state index is 14.4. The Labute approximate surface area is 196 Å². The van der Waals surface area contributed by atoms with E-state index in [2.05, 4.69) is 14.7 Å². The third-order valence-corrected chi connectivity index (χ3v) is 6.51. The molecular formula is C22H24ClFN4O4S. The fraction of sp³-hybridized carbons (Fsp3) is 0.318. The van der Waals surface area contributed by atoms with Gasteiger partial charge < -0.3 is 9.30 Å². The molecule has 0 aliphatic rings. The lowest BCUT2D eigenvalue weighted by molar-refractivity contribution is 0.412. The number of hydrogen-bond donors (Lipinski definition) is 1. The van der Waals surface area contributed by atoms with E-state index in [1.54, 1.807) is 14.0 Å². The number of pyridine rings is 1. The molecular weight excluding hydrogens is 471 g/mol. The third kappa shape index (κ3) is 6.29. The van der Waals surface area contributed by atoms with Crippen LogP contribution in [0.1, 0.15) is 25.8 Å². The summed E-state index contributed by atoms with van der Waals surface area (Å²) >= 11 is 6.19. The number of hydrogen-bond acceptors (Lipinski definition) is 6. The number of ether oxygens (including phenoxy) is 1. The number of sulfonamides is 1. The molecule has 3 aromatic rings. The average molecular weight is 495 g/mol. The molecule has 11 heteroatoms. The van der Waals surface area contributed by atoms with E-state index < -0.39 is 15.8 Å². The Morgan fingerprint density at radius 2 is 1.94 bits per heavy atom. The van der Waals surface area contributed by atoms with Crippen molar-refractivity contribution in [1.82, 2.24) is 14.5 Å². The number of nitrogens with zero attached hydrogens (tertiary/aromatic N) is 3. The number of halogens is 2. The molecule has 0 saturated carbocycles. The van der Waals surface area contributed by atoms with Crippen molar-refractivity contribution in [2.45, 2.75) is 27.2 Å². The molecule has 0 aliphatic heterocycles. The molecule has 8 nitrogen and oxygen atoms in total. The van der Waals surface area contributed by atoms with E-state index in [9.17, 15) is 17.6 Å². The van der Waals surface area contributed by atoms with E-state index in [1.165, 1.54) is 41.1 Å². The zero-order chi connectivity index (χ0) is 24.3. The molecule has 176 valence electrons. The van der Waals surface area contributed by atoms with E-state index in [1.807, 2.05) is 13.8 Å². The van der Waals surface area contributed by atoms with Crippen LogP contribution in [0, 0.1) is 18.7 Å². The van der Waals surface area contributed by atoms with Crippen molar-refractivity contribution in [1.29, 1.82) is 0 Å². The van der Waals surface area contributed by atoms with Gasteiger partial charge in [-0.2, -0.15) is 9.97 Å². The first-order chi connectivity index (χ1) is 15.4. The molecule has 0 amide bonds. The van der Waals surface area contributed by atoms with Gasteiger partial charge in [0.1, 0.15) is 5.82 Å². The molecule has 2 aromatic heterocycles. The summed E-state index contributed by atoms with van der Waals surface area (Å²) in [6.07, 6.45) is 1.99. The SMILES string of the molecule is Cc1ccc(F)c(Oc2nc(NS(=O)(=O)CCC(C)C)cc(-c3ccc(=O)n(C)c3)n2)c1Cl. The molecule has 0 spiro atoms. The molecule has 0 saturated heterocycles. The van der Waals surface area contributed by atoms with Gasteiger partial charge in [-0.1, -0.05) is 31.5 Å². The van der Waals surface area contributed by atoms with Gasteiger partial charge >= 0.3 is 6.01 Å². The van der Waals surface area contributed by atoms with Crippen molar-refractivity contribution in [3.05, 3.63) is 63.3 Å². The molecule has 1 N–H and O–H groups in total. The highest BCUT2D eigenvalue weighted by molar-refractivity contribution is 7.92. The standard InChI is InChI=1S/C22H24ClFN4O4S/c1-13(2)9-10-33(30,31)27-18-11-17(15-6-8-19(29)28(4)12-15)25-22(26-18)32-21-16(24)7-5-14(3)20(21)23/h5-8,11-13H,9-10H2,1-4H3,(H,25,26,27). The molecule has 3 rings (SSSR count). The van der Waals surface area contributed by atoms with Crippen molar-refractivity contribution in [2.75, 3.05) is 10.5 Å². The summed E-state index contributed by atoms with van der Waals surface area (Å²) in [6, 6.07) is 6.68. The summed E-state index contributed by atoms with van der Waals surface area (Å²) in [5, 5.41) is 0.0465. The highest BCUT2D eigenvalue weighted by atomic mass is 35.5. The number of nitrogens with one attached hydrogen (secondary N) is 1. The lowest BCUT2D eigenvalue weighted by Crippen LogP contribution is -2.19. The smallest absolute Gasteiger partial charge is 0.324 e. The quantitative estimate of drug-likeness (QED) is 0.493. The summed E-state index contributed by atoms with van der Waals surface area (Å²) in [7, 11) is -2.14. The van der Waals surface area contributed by atoms with E-state index in [0.29, 0.717) is 17.5 Å². The first kappa shape index (κ1) is 24.7. The van der Waals surface area contributed by atoms with Crippen molar-refractivity contribution >= 4 is 27.4 Å². The Balaban J connectivity index is 2.07. The lowest BCUT2D eigenvalue weighted by atomic mass is 10.2. The van der Waals surface area contributed by atoms with Crippen LogP contribution in [0.3, 0.4) is 0 Å². The van der Waals surface area contributed by atoms with Crippen molar-refractivity contribution < 1.29 is 17.5 Å². The van der Waals surface area contributed by atoms with Crippen LogP contribution in [-0.2, 0) is 17.1 Å². The van der Waals surface area contributed by atoms with Crippen LogP contribution >= 0.6 is 11.6 Å². The second-order valence-electron chi connectivity index (χ2n) is 8.00. The minimum absolute atomic E-state index is 0.0465. The Morgan fingerprint density at radius 1 is 1.21 bits per heavy atom. The van der Waals surface area contributed by atoms with Crippen LogP contribution in [0.25, 0.3) is 11.3 Å². The maximum absolute atomic E-state index is 14.4. The molecule has 0 aliphatic carbocycles. The number of aromatic nitrogens is 3. The zero-order valence-corrected chi connectivity index (χ0v) is 20.2. The molecule has 33 heavy (non-hydrogen) atoms. The Hall–Kier alpha value is -2.98. The second kappa shape index (κ2) is 9.88. The third-order valence-electron chi connectivity index (χ3n) is 4.75. The minimum atomic E-state index is -3.71. The highest BCUT2D eigenvalue weighted by Gasteiger charge is 2.18. The van der Waals surface area contributed by atoms with Crippen LogP contribution < -0.4 is 15.0 Å². The predicted molar refractivity (Wildman–Crippen MR) is 126 cm³/mol. The van der Waals surface area contributed by atoms with Gasteiger partial charge in [0, 0.05) is 30.9 Å². The number of anilines is 1. The van der Waals surface area contributed by atoms with Gasteiger partial charge in [-0.25, -0.2) is 12.8 Å². The summed E-state index contributed by atoms with van der Waals surface area (Å²) in [5.41, 5.74) is 1.12. The fourth-order valence-electron chi connectivity index (χ4n) is 2.83. The Bertz CT molecular complexity index is 1340. The molecule has 0 unspecified atom stereocenters. The topological polar surface area (TPSA) is 103 Å². The Morgan fingerprint density at radius 3 is 2.61 bits per heavy atom. The lowest BCUT2D eigenvalue weighted by Gasteiger charge is -2.13. The summed E-state index contributed by atoms with van der Waals surface area (Å²) < 4.78 is 48.8. The number of aryl methyl sites for hydroxylation is 2. The molecule has 2 heterocycles. The van der Waals surface area contributed by atoms with Gasteiger partial charge in [-0.15, -0.1) is 0 Å². The van der Waals surface area contributed by atoms with Crippen molar-refractivity contribution in [3.8, 4) is 23.0 Å². The minimum Gasteiger partial charge on any atom is -0.419 e. The highest BCUT2D eigenvalue weighted by Crippen LogP contribution is 2.34. The van der Waals surface area contributed by atoms with Crippen LogP contribution in [0.5, 0.6) is 11.8 Å². The molecule has 0 atom stereocenters. The van der Waals surface area contributed by atoms with Crippen LogP contribution in [0.15, 0.2) is 41.3 Å². The van der Waals surface area contributed by atoms with Crippen LogP contribution in [0.2, 0.25) is 5.02 Å². The molecule has 1 aromatic carbocycles. The van der Waals surface area contributed by atoms with Gasteiger partial charge in [0.25, 0.3) is 0 Å². The molecule has 0 radical (unpaired) electrons. The summed E-state index contributed by atoms with van der Waals surface area (Å²) in [5.74, 6) is -0.961. The first-order valence-corrected chi connectivity index (χ1v) is 12.2. The monoisotopic (exact) mass is 494 g/mol. The normalized spacial score (nSPS) is 11.6. The first-order valence-electron chi connectivity index (χ1n) is 10.1. The second-order valence-corrected chi connectivity index (χ2v) is 10.2. The van der Waals surface area contributed by atoms with Crippen molar-refractivity contribution in [2.24, 2.45) is 13.0 Å². The van der Waals surface area contributed by atoms with E-state index >= 15 is 0 Å². The van der Waals surface area contributed by atoms with Gasteiger partial charge in [-0.05, 0) is 37.0 Å². The summed E-state index contributed by atoms with van der Waals surface area (Å²) in [4.78, 5) is 20.1. The molecule has 0 fully saturated rings. The van der Waals surface area contributed by atoms with E-state index in [4.69, 9.17) is 16.3 Å². The van der Waals surface area contributed by atoms with Gasteiger partial charge in [-0.3, -0.25) is 9.52 Å². The molecule has 0 bridgehead atoms. The summed E-state index contributed by atoms with van der Waals surface area (Å²) in [6.45, 7) is 5.53. The predicted octanol–water partition coefficient (Wildman–Crippen LogP) is 4.52. The maximum Gasteiger partial charge on any atom is 0.324 e. The van der Waals surface area contributed by atoms with Crippen molar-refractivity contribution in [3.63, 3.8) is 0 Å². The number of benzene rings is 1. The average Bonchev–Trinajstić information content (AvgIpc) is 2.74. The zero-order valence-electron chi connectivity index (χ0n) is 18.6. The van der Waals surface area contributed by atoms with Gasteiger partial charge in [0.15, 0.2) is 11.6 Å². The number of rotatable bonds is 8. The fourth-order valence-corrected chi connectivity index (χ4v) is 4.33. The Kier molecular flexibility index (Phi) is 7.38.